The van der Waals surface area contributed by atoms with Gasteiger partial charge in [-0.3, -0.25) is 14.6 Å². The van der Waals surface area contributed by atoms with Crippen molar-refractivity contribution < 1.29 is 9.90 Å². The van der Waals surface area contributed by atoms with Crippen LogP contribution in [0.15, 0.2) is 0 Å². The lowest BCUT2D eigenvalue weighted by Gasteiger charge is -2.31. The van der Waals surface area contributed by atoms with E-state index in [4.69, 9.17) is 5.11 Å². The van der Waals surface area contributed by atoms with Gasteiger partial charge in [0.15, 0.2) is 0 Å². The van der Waals surface area contributed by atoms with Crippen molar-refractivity contribution in [3.63, 3.8) is 0 Å². The summed E-state index contributed by atoms with van der Waals surface area (Å²) < 4.78 is 0. The Morgan fingerprint density at radius 3 is 2.94 bits per heavy atom. The fourth-order valence-corrected chi connectivity index (χ4v) is 3.30. The molecule has 2 heterocycles. The van der Waals surface area contributed by atoms with Gasteiger partial charge in [0.25, 0.3) is 0 Å². The Hall–Kier alpha value is -0.610. The van der Waals surface area contributed by atoms with Crippen molar-refractivity contribution in [1.82, 2.24) is 9.80 Å². The molecule has 2 fully saturated rings. The van der Waals surface area contributed by atoms with E-state index in [9.17, 15) is 4.79 Å². The lowest BCUT2D eigenvalue weighted by Crippen LogP contribution is -2.45. The van der Waals surface area contributed by atoms with E-state index in [1.807, 2.05) is 0 Å². The van der Waals surface area contributed by atoms with Gasteiger partial charge >= 0.3 is 5.97 Å². The normalized spacial score (nSPS) is 29.9. The highest BCUT2D eigenvalue weighted by atomic mass is 16.4. The van der Waals surface area contributed by atoms with Crippen molar-refractivity contribution in [2.24, 2.45) is 0 Å². The number of rotatable bonds is 5. The van der Waals surface area contributed by atoms with E-state index < -0.39 is 5.97 Å². The summed E-state index contributed by atoms with van der Waals surface area (Å²) in [7, 11) is 0. The first-order valence-corrected chi connectivity index (χ1v) is 6.42. The van der Waals surface area contributed by atoms with Crippen molar-refractivity contribution in [2.45, 2.75) is 44.7 Å². The Labute approximate surface area is 97.2 Å². The van der Waals surface area contributed by atoms with Crippen LogP contribution in [0.3, 0.4) is 0 Å². The number of hydrogen-bond donors (Lipinski definition) is 1. The smallest absolute Gasteiger partial charge is 0.317 e. The lowest BCUT2D eigenvalue weighted by atomic mass is 10.0. The fraction of sp³-hybridized carbons (Fsp3) is 0.917. The molecule has 2 saturated heterocycles. The summed E-state index contributed by atoms with van der Waals surface area (Å²) in [6.07, 6.45) is 4.73. The molecule has 0 aromatic heterocycles. The van der Waals surface area contributed by atoms with Crippen LogP contribution in [0.25, 0.3) is 0 Å². The minimum absolute atomic E-state index is 0.211. The molecule has 0 aromatic carbocycles. The zero-order chi connectivity index (χ0) is 11.5. The van der Waals surface area contributed by atoms with Gasteiger partial charge in [-0.2, -0.15) is 0 Å². The minimum Gasteiger partial charge on any atom is -0.480 e. The number of carboxylic acids is 1. The zero-order valence-electron chi connectivity index (χ0n) is 10.1. The quantitative estimate of drug-likeness (QED) is 0.760. The van der Waals surface area contributed by atoms with E-state index in [1.165, 1.54) is 19.4 Å². The van der Waals surface area contributed by atoms with Gasteiger partial charge in [-0.05, 0) is 38.8 Å². The maximum Gasteiger partial charge on any atom is 0.317 e. The predicted molar refractivity (Wildman–Crippen MR) is 62.5 cm³/mol. The molecule has 1 N–H and O–H groups in total. The van der Waals surface area contributed by atoms with Crippen molar-refractivity contribution in [2.75, 3.05) is 26.2 Å². The molecule has 0 aliphatic carbocycles. The highest BCUT2D eigenvalue weighted by Crippen LogP contribution is 2.31. The van der Waals surface area contributed by atoms with Crippen LogP contribution in [-0.4, -0.2) is 59.1 Å². The maximum atomic E-state index is 10.9. The summed E-state index contributed by atoms with van der Waals surface area (Å²) in [6, 6.07) is 1.12. The molecule has 0 aromatic rings. The first-order valence-electron chi connectivity index (χ1n) is 6.42. The Morgan fingerprint density at radius 2 is 2.25 bits per heavy atom. The van der Waals surface area contributed by atoms with Gasteiger partial charge in [-0.25, -0.2) is 0 Å². The minimum atomic E-state index is -0.690. The molecule has 2 aliphatic heterocycles. The van der Waals surface area contributed by atoms with Crippen LogP contribution in [-0.2, 0) is 4.79 Å². The molecule has 0 amide bonds. The Balaban J connectivity index is 1.98. The van der Waals surface area contributed by atoms with Crippen LogP contribution in [0.1, 0.15) is 32.6 Å². The standard InChI is InChI=1S/C12H22N2O2/c1-2-6-14(9-12(15)16)11-5-8-13-7-3-4-10(11)13/h10-11H,2-9H2,1H3,(H,15,16). The largest absolute Gasteiger partial charge is 0.480 e. The highest BCUT2D eigenvalue weighted by Gasteiger charge is 2.40. The topological polar surface area (TPSA) is 43.8 Å². The molecule has 0 spiro atoms. The molecule has 0 saturated carbocycles. The predicted octanol–water partition coefficient (Wildman–Crippen LogP) is 1.02. The van der Waals surface area contributed by atoms with Crippen LogP contribution in [0.2, 0.25) is 0 Å². The number of hydrogen-bond acceptors (Lipinski definition) is 3. The van der Waals surface area contributed by atoms with Crippen LogP contribution >= 0.6 is 0 Å². The molecule has 92 valence electrons. The summed E-state index contributed by atoms with van der Waals surface area (Å²) >= 11 is 0. The molecule has 0 radical (unpaired) electrons. The van der Waals surface area contributed by atoms with Crippen molar-refractivity contribution in [3.8, 4) is 0 Å². The summed E-state index contributed by atoms with van der Waals surface area (Å²) in [4.78, 5) is 15.6. The van der Waals surface area contributed by atoms with Crippen molar-refractivity contribution in [1.29, 1.82) is 0 Å². The Bertz CT molecular complexity index is 257. The number of nitrogens with zero attached hydrogens (tertiary/aromatic N) is 2. The zero-order valence-corrected chi connectivity index (χ0v) is 10.1. The highest BCUT2D eigenvalue weighted by molar-refractivity contribution is 5.69. The van der Waals surface area contributed by atoms with Crippen LogP contribution in [0.4, 0.5) is 0 Å². The molecule has 16 heavy (non-hydrogen) atoms. The molecule has 4 nitrogen and oxygen atoms in total. The molecular weight excluding hydrogens is 204 g/mol. The van der Waals surface area contributed by atoms with Crippen molar-refractivity contribution >= 4 is 5.97 Å². The third-order valence-electron chi connectivity index (χ3n) is 3.89. The third kappa shape index (κ3) is 2.38. The number of aliphatic carboxylic acids is 1. The van der Waals surface area contributed by atoms with Crippen LogP contribution in [0, 0.1) is 0 Å². The number of carboxylic acid groups (broad SMARTS) is 1. The molecule has 2 aliphatic rings. The fourth-order valence-electron chi connectivity index (χ4n) is 3.30. The van der Waals surface area contributed by atoms with Gasteiger partial charge in [-0.1, -0.05) is 6.92 Å². The van der Waals surface area contributed by atoms with Gasteiger partial charge < -0.3 is 5.11 Å². The summed E-state index contributed by atoms with van der Waals surface area (Å²) in [6.45, 7) is 5.63. The second-order valence-electron chi connectivity index (χ2n) is 4.97. The van der Waals surface area contributed by atoms with Gasteiger partial charge in [0.2, 0.25) is 0 Å². The molecule has 0 bridgehead atoms. The molecule has 4 heteroatoms. The van der Waals surface area contributed by atoms with Crippen LogP contribution in [0.5, 0.6) is 0 Å². The summed E-state index contributed by atoms with van der Waals surface area (Å²) in [5, 5.41) is 8.96. The second-order valence-corrected chi connectivity index (χ2v) is 4.97. The molecule has 2 rings (SSSR count). The van der Waals surface area contributed by atoms with Crippen molar-refractivity contribution in [3.05, 3.63) is 0 Å². The summed E-state index contributed by atoms with van der Waals surface area (Å²) in [5.74, 6) is -0.690. The Morgan fingerprint density at radius 1 is 1.44 bits per heavy atom. The van der Waals surface area contributed by atoms with E-state index >= 15 is 0 Å². The second kappa shape index (κ2) is 5.15. The molecule has 2 unspecified atom stereocenters. The molecular formula is C12H22N2O2. The number of carbonyl (C=O) groups is 1. The first kappa shape index (κ1) is 11.9. The van der Waals surface area contributed by atoms with Crippen LogP contribution < -0.4 is 0 Å². The SMILES string of the molecule is CCCN(CC(=O)O)C1CCN2CCCC12. The van der Waals surface area contributed by atoms with E-state index in [0.29, 0.717) is 12.1 Å². The monoisotopic (exact) mass is 226 g/mol. The number of fused-ring (bicyclic) bond motifs is 1. The summed E-state index contributed by atoms with van der Waals surface area (Å²) in [5.41, 5.74) is 0. The average Bonchev–Trinajstić information content (AvgIpc) is 2.76. The van der Waals surface area contributed by atoms with E-state index in [2.05, 4.69) is 16.7 Å². The van der Waals surface area contributed by atoms with Gasteiger partial charge in [0.05, 0.1) is 6.54 Å². The molecule has 2 atom stereocenters. The van der Waals surface area contributed by atoms with E-state index in [0.717, 1.165) is 25.9 Å². The third-order valence-corrected chi connectivity index (χ3v) is 3.89. The van der Waals surface area contributed by atoms with E-state index in [1.54, 1.807) is 0 Å². The lowest BCUT2D eigenvalue weighted by molar-refractivity contribution is -0.139. The first-order chi connectivity index (χ1) is 7.72. The maximum absolute atomic E-state index is 10.9. The average molecular weight is 226 g/mol. The van der Waals surface area contributed by atoms with E-state index in [-0.39, 0.29) is 6.54 Å². The van der Waals surface area contributed by atoms with Gasteiger partial charge in [0.1, 0.15) is 0 Å². The van der Waals surface area contributed by atoms with Gasteiger partial charge in [0, 0.05) is 18.6 Å². The van der Waals surface area contributed by atoms with Gasteiger partial charge in [-0.15, -0.1) is 0 Å². The Kier molecular flexibility index (Phi) is 3.82.